The first-order valence-electron chi connectivity index (χ1n) is 10.7. The van der Waals surface area contributed by atoms with Crippen LogP contribution in [-0.2, 0) is 20.9 Å². The molecule has 0 spiro atoms. The molecule has 0 radical (unpaired) electrons. The van der Waals surface area contributed by atoms with Gasteiger partial charge in [-0.2, -0.15) is 5.26 Å². The van der Waals surface area contributed by atoms with Crippen LogP contribution in [0.4, 0.5) is 16.8 Å². The molecule has 176 valence electrons. The van der Waals surface area contributed by atoms with Gasteiger partial charge in [-0.25, -0.2) is 15.0 Å². The van der Waals surface area contributed by atoms with Crippen molar-refractivity contribution in [1.82, 2.24) is 19.9 Å². The van der Waals surface area contributed by atoms with Gasteiger partial charge < -0.3 is 24.6 Å². The Morgan fingerprint density at radius 1 is 1.24 bits per heavy atom. The van der Waals surface area contributed by atoms with Crippen molar-refractivity contribution in [2.45, 2.75) is 20.5 Å². The topological polar surface area (TPSA) is 116 Å². The van der Waals surface area contributed by atoms with E-state index < -0.39 is 0 Å². The van der Waals surface area contributed by atoms with Crippen LogP contribution < -0.4 is 10.2 Å². The minimum Gasteiger partial charge on any atom is -0.371 e. The molecule has 0 saturated carbocycles. The fourth-order valence-electron chi connectivity index (χ4n) is 3.12. The second kappa shape index (κ2) is 12.4. The van der Waals surface area contributed by atoms with E-state index in [0.717, 1.165) is 37.6 Å². The lowest BCUT2D eigenvalue weighted by molar-refractivity contribution is -0.119. The maximum Gasteiger partial charge on any atom is 0.189 e. The number of rotatable bonds is 11. The molecule has 2 aromatic heterocycles. The third kappa shape index (κ3) is 8.18. The van der Waals surface area contributed by atoms with Gasteiger partial charge >= 0.3 is 0 Å². The Kier molecular flexibility index (Phi) is 9.26. The molecule has 1 saturated heterocycles. The molecule has 2 aromatic rings. The number of carbonyl (C=O) groups excluding carboxylic acids is 1. The molecular formula is C22H29N7O3S. The highest BCUT2D eigenvalue weighted by molar-refractivity contribution is 7.16. The Morgan fingerprint density at radius 2 is 2.00 bits per heavy atom. The number of aromatic nitrogens is 3. The van der Waals surface area contributed by atoms with E-state index in [4.69, 9.17) is 14.7 Å². The lowest BCUT2D eigenvalue weighted by Gasteiger charge is -2.33. The van der Waals surface area contributed by atoms with E-state index in [-0.39, 0.29) is 19.0 Å². The average Bonchev–Trinajstić information content (AvgIpc) is 3.23. The summed E-state index contributed by atoms with van der Waals surface area (Å²) in [5.74, 6) is 1.89. The minimum absolute atomic E-state index is 0.0382. The van der Waals surface area contributed by atoms with Crippen molar-refractivity contribution in [1.29, 1.82) is 5.26 Å². The maximum atomic E-state index is 11.6. The van der Waals surface area contributed by atoms with E-state index in [2.05, 4.69) is 43.2 Å². The summed E-state index contributed by atoms with van der Waals surface area (Å²) in [6.07, 6.45) is 3.09. The van der Waals surface area contributed by atoms with Crippen molar-refractivity contribution in [2.24, 2.45) is 0 Å². The van der Waals surface area contributed by atoms with Crippen molar-refractivity contribution < 1.29 is 14.3 Å². The van der Waals surface area contributed by atoms with Crippen LogP contribution >= 0.6 is 11.3 Å². The number of thiazole rings is 1. The smallest absolute Gasteiger partial charge is 0.189 e. The Hall–Kier alpha value is -2.91. The first-order chi connectivity index (χ1) is 15.9. The predicted molar refractivity (Wildman–Crippen MR) is 127 cm³/mol. The Balaban J connectivity index is 1.60. The van der Waals surface area contributed by atoms with E-state index in [1.54, 1.807) is 6.08 Å². The van der Waals surface area contributed by atoms with Crippen molar-refractivity contribution in [3.05, 3.63) is 34.6 Å². The number of hydrogen-bond donors (Lipinski definition) is 1. The summed E-state index contributed by atoms with van der Waals surface area (Å²) in [5, 5.41) is 12.8. The second-order valence-corrected chi connectivity index (χ2v) is 8.91. The molecule has 0 aliphatic carbocycles. The molecule has 33 heavy (non-hydrogen) atoms. The van der Waals surface area contributed by atoms with E-state index in [0.29, 0.717) is 34.9 Å². The lowest BCUT2D eigenvalue weighted by Crippen LogP contribution is -2.44. The summed E-state index contributed by atoms with van der Waals surface area (Å²) in [5.41, 5.74) is 0.947. The van der Waals surface area contributed by atoms with Crippen LogP contribution in [-0.4, -0.2) is 78.7 Å². The van der Waals surface area contributed by atoms with Crippen molar-refractivity contribution in [2.75, 3.05) is 63.3 Å². The summed E-state index contributed by atoms with van der Waals surface area (Å²) in [4.78, 5) is 30.1. The summed E-state index contributed by atoms with van der Waals surface area (Å²) < 4.78 is 11.0. The van der Waals surface area contributed by atoms with Gasteiger partial charge in [0.1, 0.15) is 35.8 Å². The standard InChI is InChI=1S/C22H29N7O3S/c1-16(2)10-17(30)14-31-8-9-32-15-20-25-19(27-22-24-13-18(12-23)33-22)11-21(26-20)29-6-4-28(3)5-7-29/h10-11,13H,4-9,14-15H2,1-3H3,(H,24,25,26,27). The van der Waals surface area contributed by atoms with Crippen molar-refractivity contribution in [3.63, 3.8) is 0 Å². The van der Waals surface area contributed by atoms with Crippen LogP contribution in [0.2, 0.25) is 0 Å². The number of nitriles is 1. The summed E-state index contributed by atoms with van der Waals surface area (Å²) in [6.45, 7) is 8.28. The number of ether oxygens (including phenoxy) is 2. The number of likely N-dealkylation sites (N-methyl/N-ethyl adjacent to an activating group) is 1. The molecule has 1 aliphatic rings. The molecule has 0 aromatic carbocycles. The molecular weight excluding hydrogens is 442 g/mol. The molecule has 0 amide bonds. The van der Waals surface area contributed by atoms with E-state index in [9.17, 15) is 4.79 Å². The number of nitrogens with zero attached hydrogens (tertiary/aromatic N) is 6. The number of allylic oxidation sites excluding steroid dienone is 1. The van der Waals surface area contributed by atoms with Crippen LogP contribution in [0.1, 0.15) is 24.5 Å². The van der Waals surface area contributed by atoms with E-state index >= 15 is 0 Å². The van der Waals surface area contributed by atoms with Gasteiger partial charge in [0, 0.05) is 32.2 Å². The number of ketones is 1. The van der Waals surface area contributed by atoms with Crippen molar-refractivity contribution in [3.8, 4) is 6.07 Å². The fourth-order valence-corrected chi connectivity index (χ4v) is 3.74. The molecule has 11 heteroatoms. The van der Waals surface area contributed by atoms with Crippen LogP contribution in [0, 0.1) is 11.3 Å². The van der Waals surface area contributed by atoms with Gasteiger partial charge in [-0.3, -0.25) is 4.79 Å². The highest BCUT2D eigenvalue weighted by Gasteiger charge is 2.18. The Morgan fingerprint density at radius 3 is 2.70 bits per heavy atom. The highest BCUT2D eigenvalue weighted by Crippen LogP contribution is 2.24. The Bertz CT molecular complexity index is 1010. The van der Waals surface area contributed by atoms with Gasteiger partial charge in [-0.15, -0.1) is 0 Å². The molecule has 0 atom stereocenters. The van der Waals surface area contributed by atoms with Gasteiger partial charge in [0.2, 0.25) is 0 Å². The van der Waals surface area contributed by atoms with Crippen molar-refractivity contribution >= 4 is 33.9 Å². The first-order valence-corrected chi connectivity index (χ1v) is 11.5. The zero-order valence-electron chi connectivity index (χ0n) is 19.2. The number of anilines is 3. The predicted octanol–water partition coefficient (Wildman–Crippen LogP) is 2.37. The molecule has 3 rings (SSSR count). The van der Waals surface area contributed by atoms with Gasteiger partial charge in [-0.1, -0.05) is 16.9 Å². The maximum absolute atomic E-state index is 11.6. The molecule has 1 fully saturated rings. The zero-order chi connectivity index (χ0) is 23.6. The van der Waals surface area contributed by atoms with Crippen LogP contribution in [0.3, 0.4) is 0 Å². The second-order valence-electron chi connectivity index (χ2n) is 7.88. The number of carbonyl (C=O) groups is 1. The zero-order valence-corrected chi connectivity index (χ0v) is 20.0. The number of hydrogen-bond acceptors (Lipinski definition) is 11. The van der Waals surface area contributed by atoms with Crippen LogP contribution in [0.25, 0.3) is 0 Å². The molecule has 0 unspecified atom stereocenters. The van der Waals surface area contributed by atoms with Gasteiger partial charge in [0.15, 0.2) is 16.7 Å². The largest absolute Gasteiger partial charge is 0.371 e. The molecule has 0 bridgehead atoms. The van der Waals surface area contributed by atoms with Gasteiger partial charge in [0.05, 0.1) is 19.4 Å². The summed E-state index contributed by atoms with van der Waals surface area (Å²) in [6, 6.07) is 3.98. The fraction of sp³-hybridized carbons (Fsp3) is 0.500. The van der Waals surface area contributed by atoms with Gasteiger partial charge in [0.25, 0.3) is 0 Å². The van der Waals surface area contributed by atoms with Crippen LogP contribution in [0.5, 0.6) is 0 Å². The Labute approximate surface area is 197 Å². The average molecular weight is 472 g/mol. The lowest BCUT2D eigenvalue weighted by atomic mass is 10.2. The normalized spacial score (nSPS) is 14.1. The molecule has 3 heterocycles. The molecule has 1 aliphatic heterocycles. The van der Waals surface area contributed by atoms with E-state index in [1.807, 2.05) is 19.9 Å². The third-order valence-corrected chi connectivity index (χ3v) is 5.55. The third-order valence-electron chi connectivity index (χ3n) is 4.73. The highest BCUT2D eigenvalue weighted by atomic mass is 32.1. The minimum atomic E-state index is -0.0596. The van der Waals surface area contributed by atoms with Gasteiger partial charge in [-0.05, 0) is 27.0 Å². The van der Waals surface area contributed by atoms with Crippen LogP contribution in [0.15, 0.2) is 23.9 Å². The summed E-state index contributed by atoms with van der Waals surface area (Å²) in [7, 11) is 2.11. The monoisotopic (exact) mass is 471 g/mol. The number of piperazine rings is 1. The first kappa shape index (κ1) is 24.7. The SMILES string of the molecule is CC(C)=CC(=O)COCCOCc1nc(Nc2ncc(C#N)s2)cc(N2CCN(C)CC2)n1. The number of nitrogens with one attached hydrogen (secondary N) is 1. The molecule has 1 N–H and O–H groups in total. The quantitative estimate of drug-likeness (QED) is 0.387. The molecule has 10 nitrogen and oxygen atoms in total. The van der Waals surface area contributed by atoms with E-state index in [1.165, 1.54) is 17.5 Å². The summed E-state index contributed by atoms with van der Waals surface area (Å²) >= 11 is 1.26.